The Kier molecular flexibility index (Phi) is 5.06. The maximum absolute atomic E-state index is 11.7. The van der Waals surface area contributed by atoms with E-state index in [2.05, 4.69) is 26.6 Å². The van der Waals surface area contributed by atoms with Gasteiger partial charge in [-0.25, -0.2) is 4.79 Å². The summed E-state index contributed by atoms with van der Waals surface area (Å²) in [5, 5.41) is 5.53. The van der Waals surface area contributed by atoms with E-state index in [1.807, 2.05) is 18.2 Å². The van der Waals surface area contributed by atoms with Crippen LogP contribution in [0, 0.1) is 0 Å². The monoisotopic (exact) mass is 338 g/mol. The van der Waals surface area contributed by atoms with Crippen LogP contribution in [0.1, 0.15) is 11.1 Å². The number of carbonyl (C=O) groups is 1. The predicted molar refractivity (Wildman–Crippen MR) is 78.5 cm³/mol. The Balaban J connectivity index is 1.85. The van der Waals surface area contributed by atoms with Crippen molar-refractivity contribution in [2.75, 3.05) is 7.11 Å². The Morgan fingerprint density at radius 1 is 1.30 bits per heavy atom. The van der Waals surface area contributed by atoms with Gasteiger partial charge in [0, 0.05) is 28.7 Å². The molecule has 0 aliphatic carbocycles. The number of amides is 2. The molecule has 2 amide bonds. The van der Waals surface area contributed by atoms with Gasteiger partial charge >= 0.3 is 6.03 Å². The second-order valence-corrected chi connectivity index (χ2v) is 5.04. The molecule has 0 aliphatic heterocycles. The zero-order valence-corrected chi connectivity index (χ0v) is 12.6. The summed E-state index contributed by atoms with van der Waals surface area (Å²) in [7, 11) is 1.60. The number of urea groups is 1. The second-order valence-electron chi connectivity index (χ2n) is 4.12. The molecule has 0 atom stereocenters. The van der Waals surface area contributed by atoms with Crippen molar-refractivity contribution in [2.24, 2.45) is 0 Å². The van der Waals surface area contributed by atoms with Gasteiger partial charge in [-0.05, 0) is 24.3 Å². The van der Waals surface area contributed by atoms with Gasteiger partial charge in [-0.15, -0.1) is 0 Å². The molecule has 0 unspecified atom stereocenters. The van der Waals surface area contributed by atoms with Gasteiger partial charge in [0.2, 0.25) is 0 Å². The summed E-state index contributed by atoms with van der Waals surface area (Å²) < 4.78 is 11.1. The number of rotatable bonds is 5. The van der Waals surface area contributed by atoms with Crippen LogP contribution >= 0.6 is 15.9 Å². The largest absolute Gasteiger partial charge is 0.496 e. The topological polar surface area (TPSA) is 63.5 Å². The summed E-state index contributed by atoms with van der Waals surface area (Å²) >= 11 is 3.40. The lowest BCUT2D eigenvalue weighted by atomic mass is 10.2. The van der Waals surface area contributed by atoms with Crippen LogP contribution < -0.4 is 15.4 Å². The van der Waals surface area contributed by atoms with Crippen molar-refractivity contribution in [1.82, 2.24) is 10.6 Å². The molecule has 106 valence electrons. The number of methoxy groups -OCH3 is 1. The fraction of sp³-hybridized carbons (Fsp3) is 0.214. The minimum atomic E-state index is -0.242. The quantitative estimate of drug-likeness (QED) is 0.880. The Hall–Kier alpha value is -1.95. The molecule has 6 heteroatoms. The molecule has 0 saturated heterocycles. The van der Waals surface area contributed by atoms with Crippen LogP contribution in [0.15, 0.2) is 45.7 Å². The number of carbonyl (C=O) groups excluding carboxylic acids is 1. The Labute approximate surface area is 125 Å². The summed E-state index contributed by atoms with van der Waals surface area (Å²) in [6.45, 7) is 0.817. The lowest BCUT2D eigenvalue weighted by Crippen LogP contribution is -2.34. The fourth-order valence-corrected chi connectivity index (χ4v) is 2.11. The Morgan fingerprint density at radius 2 is 2.10 bits per heavy atom. The lowest BCUT2D eigenvalue weighted by molar-refractivity contribution is 0.240. The summed E-state index contributed by atoms with van der Waals surface area (Å²) in [5.74, 6) is 0.739. The molecule has 5 nitrogen and oxygen atoms in total. The fourth-order valence-electron chi connectivity index (χ4n) is 1.70. The molecule has 0 aliphatic rings. The highest BCUT2D eigenvalue weighted by Gasteiger charge is 2.06. The van der Waals surface area contributed by atoms with Crippen molar-refractivity contribution in [3.63, 3.8) is 0 Å². The number of furan rings is 1. The molecular weight excluding hydrogens is 324 g/mol. The standard InChI is InChI=1S/C14H15BrN2O3/c1-19-13-3-2-12(15)6-11(13)8-17-14(18)16-7-10-4-5-20-9-10/h2-6,9H,7-8H2,1H3,(H2,16,17,18). The average molecular weight is 339 g/mol. The number of halogens is 1. The van der Waals surface area contributed by atoms with Gasteiger partial charge < -0.3 is 19.8 Å². The molecule has 1 aromatic carbocycles. The van der Waals surface area contributed by atoms with Crippen molar-refractivity contribution in [1.29, 1.82) is 0 Å². The zero-order valence-electron chi connectivity index (χ0n) is 11.0. The van der Waals surface area contributed by atoms with E-state index in [9.17, 15) is 4.79 Å². The number of ether oxygens (including phenoxy) is 1. The molecule has 0 spiro atoms. The smallest absolute Gasteiger partial charge is 0.315 e. The third kappa shape index (κ3) is 4.03. The number of hydrogen-bond donors (Lipinski definition) is 2. The van der Waals surface area contributed by atoms with Crippen LogP contribution in [0.4, 0.5) is 4.79 Å². The first-order valence-corrected chi connectivity index (χ1v) is 6.83. The third-order valence-corrected chi connectivity index (χ3v) is 3.21. The highest BCUT2D eigenvalue weighted by atomic mass is 79.9. The van der Waals surface area contributed by atoms with Gasteiger partial charge in [0.15, 0.2) is 0 Å². The summed E-state index contributed by atoms with van der Waals surface area (Å²) in [6, 6.07) is 7.21. The minimum Gasteiger partial charge on any atom is -0.496 e. The van der Waals surface area contributed by atoms with Crippen molar-refractivity contribution in [2.45, 2.75) is 13.1 Å². The van der Waals surface area contributed by atoms with Gasteiger partial charge in [-0.3, -0.25) is 0 Å². The van der Waals surface area contributed by atoms with E-state index < -0.39 is 0 Å². The van der Waals surface area contributed by atoms with Crippen molar-refractivity contribution < 1.29 is 13.9 Å². The molecule has 2 aromatic rings. The molecule has 0 fully saturated rings. The van der Waals surface area contributed by atoms with Crippen molar-refractivity contribution in [3.8, 4) is 5.75 Å². The zero-order chi connectivity index (χ0) is 14.4. The minimum absolute atomic E-state index is 0.242. The average Bonchev–Trinajstić information content (AvgIpc) is 2.96. The third-order valence-electron chi connectivity index (χ3n) is 2.72. The van der Waals surface area contributed by atoms with Gasteiger partial charge in [0.1, 0.15) is 5.75 Å². The highest BCUT2D eigenvalue weighted by Crippen LogP contribution is 2.22. The molecular formula is C14H15BrN2O3. The SMILES string of the molecule is COc1ccc(Br)cc1CNC(=O)NCc1ccoc1. The maximum atomic E-state index is 11.7. The highest BCUT2D eigenvalue weighted by molar-refractivity contribution is 9.10. The Bertz CT molecular complexity index is 570. The van der Waals surface area contributed by atoms with Gasteiger partial charge in [0.25, 0.3) is 0 Å². The number of hydrogen-bond acceptors (Lipinski definition) is 3. The van der Waals surface area contributed by atoms with Crippen molar-refractivity contribution >= 4 is 22.0 Å². The summed E-state index contributed by atoms with van der Waals surface area (Å²) in [6.07, 6.45) is 3.17. The van der Waals surface area contributed by atoms with Crippen LogP contribution in [-0.4, -0.2) is 13.1 Å². The van der Waals surface area contributed by atoms with Crippen LogP contribution in [0.3, 0.4) is 0 Å². The number of benzene rings is 1. The molecule has 2 N–H and O–H groups in total. The van der Waals surface area contributed by atoms with Gasteiger partial charge in [-0.2, -0.15) is 0 Å². The van der Waals surface area contributed by atoms with Gasteiger partial charge in [-0.1, -0.05) is 15.9 Å². The van der Waals surface area contributed by atoms with E-state index in [-0.39, 0.29) is 6.03 Å². The summed E-state index contributed by atoms with van der Waals surface area (Å²) in [4.78, 5) is 11.7. The first-order chi connectivity index (χ1) is 9.69. The predicted octanol–water partition coefficient (Wildman–Crippen LogP) is 3.05. The van der Waals surface area contributed by atoms with E-state index in [1.54, 1.807) is 25.7 Å². The van der Waals surface area contributed by atoms with Crippen LogP contribution in [0.5, 0.6) is 5.75 Å². The van der Waals surface area contributed by atoms with Crippen LogP contribution in [0.25, 0.3) is 0 Å². The van der Waals surface area contributed by atoms with E-state index in [1.165, 1.54) is 0 Å². The van der Waals surface area contributed by atoms with Crippen LogP contribution in [-0.2, 0) is 13.1 Å². The number of nitrogens with one attached hydrogen (secondary N) is 2. The summed E-state index contributed by atoms with van der Waals surface area (Å²) in [5.41, 5.74) is 1.82. The molecule has 1 heterocycles. The Morgan fingerprint density at radius 3 is 2.80 bits per heavy atom. The molecule has 0 radical (unpaired) electrons. The normalized spacial score (nSPS) is 10.1. The second kappa shape index (κ2) is 7.00. The van der Waals surface area contributed by atoms with E-state index in [0.717, 1.165) is 21.3 Å². The van der Waals surface area contributed by atoms with E-state index >= 15 is 0 Å². The van der Waals surface area contributed by atoms with E-state index in [4.69, 9.17) is 9.15 Å². The molecule has 0 saturated carbocycles. The van der Waals surface area contributed by atoms with E-state index in [0.29, 0.717) is 13.1 Å². The first kappa shape index (κ1) is 14.5. The lowest BCUT2D eigenvalue weighted by Gasteiger charge is -2.11. The maximum Gasteiger partial charge on any atom is 0.315 e. The molecule has 2 rings (SSSR count). The molecule has 0 bridgehead atoms. The van der Waals surface area contributed by atoms with Crippen molar-refractivity contribution in [3.05, 3.63) is 52.4 Å². The molecule has 1 aromatic heterocycles. The first-order valence-electron chi connectivity index (χ1n) is 6.04. The van der Waals surface area contributed by atoms with Crippen LogP contribution in [0.2, 0.25) is 0 Å². The molecule has 20 heavy (non-hydrogen) atoms. The van der Waals surface area contributed by atoms with Gasteiger partial charge in [0.05, 0.1) is 19.6 Å².